The third kappa shape index (κ3) is 3.71. The van der Waals surface area contributed by atoms with Crippen LogP contribution >= 0.6 is 0 Å². The van der Waals surface area contributed by atoms with Crippen LogP contribution in [0.5, 0.6) is 0 Å². The van der Waals surface area contributed by atoms with Gasteiger partial charge in [-0.05, 0) is 25.0 Å². The van der Waals surface area contributed by atoms with Crippen molar-refractivity contribution in [3.63, 3.8) is 0 Å². The van der Waals surface area contributed by atoms with Crippen molar-refractivity contribution in [3.05, 3.63) is 23.4 Å². The maximum absolute atomic E-state index is 10.0. The quantitative estimate of drug-likeness (QED) is 0.810. The van der Waals surface area contributed by atoms with Gasteiger partial charge in [0.1, 0.15) is 11.9 Å². The zero-order chi connectivity index (χ0) is 13.5. The second-order valence-electron chi connectivity index (χ2n) is 4.49. The Morgan fingerprint density at radius 1 is 1.39 bits per heavy atom. The van der Waals surface area contributed by atoms with Gasteiger partial charge in [0.05, 0.1) is 11.7 Å². The molecule has 98 valence electrons. The predicted octanol–water partition coefficient (Wildman–Crippen LogP) is 2.47. The summed E-state index contributed by atoms with van der Waals surface area (Å²) >= 11 is 0. The lowest BCUT2D eigenvalue weighted by molar-refractivity contribution is 0.114. The molecule has 0 aliphatic carbocycles. The van der Waals surface area contributed by atoms with Crippen LogP contribution in [-0.4, -0.2) is 22.7 Å². The Balaban J connectivity index is 2.68. The minimum Gasteiger partial charge on any atom is -0.391 e. The summed E-state index contributed by atoms with van der Waals surface area (Å²) in [6, 6.07) is 5.65. The maximum Gasteiger partial charge on any atom is 0.144 e. The van der Waals surface area contributed by atoms with E-state index in [0.717, 1.165) is 18.5 Å². The highest BCUT2D eigenvalue weighted by Crippen LogP contribution is 2.16. The Labute approximate surface area is 109 Å². The monoisotopic (exact) mass is 247 g/mol. The number of nitrogens with one attached hydrogen (secondary N) is 1. The van der Waals surface area contributed by atoms with E-state index in [4.69, 9.17) is 5.26 Å². The normalized spacial score (nSPS) is 12.2. The summed E-state index contributed by atoms with van der Waals surface area (Å²) in [6.07, 6.45) is 1.49. The molecule has 0 spiro atoms. The Bertz CT molecular complexity index is 422. The van der Waals surface area contributed by atoms with E-state index in [1.165, 1.54) is 0 Å². The van der Waals surface area contributed by atoms with Crippen LogP contribution in [0.2, 0.25) is 0 Å². The molecule has 1 rings (SSSR count). The van der Waals surface area contributed by atoms with Gasteiger partial charge in [0.2, 0.25) is 0 Å². The molecule has 1 aromatic heterocycles. The number of aliphatic hydroxyl groups excluding tert-OH is 1. The maximum atomic E-state index is 10.0. The van der Waals surface area contributed by atoms with Crippen molar-refractivity contribution >= 4 is 5.82 Å². The van der Waals surface area contributed by atoms with Gasteiger partial charge in [-0.25, -0.2) is 4.98 Å². The van der Waals surface area contributed by atoms with Crippen LogP contribution in [-0.2, 0) is 0 Å². The zero-order valence-electron chi connectivity index (χ0n) is 11.3. The first-order valence-corrected chi connectivity index (χ1v) is 6.42. The molecule has 0 bridgehead atoms. The molecule has 0 radical (unpaired) electrons. The van der Waals surface area contributed by atoms with Gasteiger partial charge >= 0.3 is 0 Å². The van der Waals surface area contributed by atoms with Crippen molar-refractivity contribution in [2.75, 3.05) is 11.9 Å². The fourth-order valence-corrected chi connectivity index (χ4v) is 1.98. The molecule has 1 atom stereocenters. The van der Waals surface area contributed by atoms with E-state index >= 15 is 0 Å². The summed E-state index contributed by atoms with van der Waals surface area (Å²) in [5.74, 6) is 0.843. The molecule has 0 unspecified atom stereocenters. The molecule has 0 aliphatic rings. The third-order valence-electron chi connectivity index (χ3n) is 3.23. The molecule has 0 aromatic carbocycles. The predicted molar refractivity (Wildman–Crippen MR) is 72.3 cm³/mol. The summed E-state index contributed by atoms with van der Waals surface area (Å²) < 4.78 is 0. The largest absolute Gasteiger partial charge is 0.391 e. The fourth-order valence-electron chi connectivity index (χ4n) is 1.98. The third-order valence-corrected chi connectivity index (χ3v) is 3.23. The lowest BCUT2D eigenvalue weighted by Gasteiger charge is -2.20. The number of nitrogens with zero attached hydrogens (tertiary/aromatic N) is 2. The van der Waals surface area contributed by atoms with Crippen LogP contribution in [0.25, 0.3) is 0 Å². The standard InChI is InChI=1S/C14H21N3O/c1-4-11(5-2)13(18)9-16-14-12(8-15)7-6-10(3)17-14/h6-7,11,13,18H,4-5,9H2,1-3H3,(H,16,17)/t13-/m0/s1. The number of pyridine rings is 1. The highest BCUT2D eigenvalue weighted by molar-refractivity contribution is 5.52. The molecular formula is C14H21N3O. The van der Waals surface area contributed by atoms with Gasteiger partial charge in [-0.1, -0.05) is 26.7 Å². The Kier molecular flexibility index (Phi) is 5.60. The number of nitriles is 1. The highest BCUT2D eigenvalue weighted by Gasteiger charge is 2.15. The minimum absolute atomic E-state index is 0.285. The fraction of sp³-hybridized carbons (Fsp3) is 0.571. The SMILES string of the molecule is CCC(CC)[C@@H](O)CNc1nc(C)ccc1C#N. The average molecular weight is 247 g/mol. The number of rotatable bonds is 6. The van der Waals surface area contributed by atoms with Crippen LogP contribution in [0.4, 0.5) is 5.82 Å². The highest BCUT2D eigenvalue weighted by atomic mass is 16.3. The first-order valence-electron chi connectivity index (χ1n) is 6.42. The van der Waals surface area contributed by atoms with Gasteiger partial charge in [0.25, 0.3) is 0 Å². The van der Waals surface area contributed by atoms with Crippen LogP contribution in [0.1, 0.15) is 37.9 Å². The molecule has 4 nitrogen and oxygen atoms in total. The van der Waals surface area contributed by atoms with Crippen molar-refractivity contribution in [2.24, 2.45) is 5.92 Å². The lowest BCUT2D eigenvalue weighted by atomic mass is 9.96. The summed E-state index contributed by atoms with van der Waals surface area (Å²) in [5, 5.41) is 22.1. The van der Waals surface area contributed by atoms with Crippen molar-refractivity contribution in [1.82, 2.24) is 4.98 Å². The number of aromatic nitrogens is 1. The van der Waals surface area contributed by atoms with Gasteiger partial charge in [-0.15, -0.1) is 0 Å². The molecule has 0 saturated heterocycles. The molecule has 1 heterocycles. The molecule has 0 saturated carbocycles. The van der Waals surface area contributed by atoms with E-state index in [0.29, 0.717) is 17.9 Å². The molecule has 1 aromatic rings. The van der Waals surface area contributed by atoms with Gasteiger partial charge in [0.15, 0.2) is 0 Å². The summed E-state index contributed by atoms with van der Waals surface area (Å²) in [4.78, 5) is 4.28. The molecule has 0 amide bonds. The van der Waals surface area contributed by atoms with Crippen LogP contribution in [0, 0.1) is 24.2 Å². The summed E-state index contributed by atoms with van der Waals surface area (Å²) in [6.45, 7) is 6.45. The van der Waals surface area contributed by atoms with Gasteiger partial charge in [0, 0.05) is 12.2 Å². The van der Waals surface area contributed by atoms with E-state index in [1.807, 2.05) is 6.92 Å². The number of hydrogen-bond donors (Lipinski definition) is 2. The van der Waals surface area contributed by atoms with E-state index in [2.05, 4.69) is 30.2 Å². The molecule has 2 N–H and O–H groups in total. The van der Waals surface area contributed by atoms with Crippen molar-refractivity contribution in [1.29, 1.82) is 5.26 Å². The van der Waals surface area contributed by atoms with Crippen LogP contribution < -0.4 is 5.32 Å². The molecule has 0 aliphatic heterocycles. The Morgan fingerprint density at radius 2 is 2.06 bits per heavy atom. The van der Waals surface area contributed by atoms with E-state index in [9.17, 15) is 5.11 Å². The molecule has 18 heavy (non-hydrogen) atoms. The first kappa shape index (κ1) is 14.5. The second-order valence-corrected chi connectivity index (χ2v) is 4.49. The van der Waals surface area contributed by atoms with Crippen LogP contribution in [0.15, 0.2) is 12.1 Å². The minimum atomic E-state index is -0.408. The number of anilines is 1. The summed E-state index contributed by atoms with van der Waals surface area (Å²) in [5.41, 5.74) is 1.37. The van der Waals surface area contributed by atoms with Crippen molar-refractivity contribution < 1.29 is 5.11 Å². The zero-order valence-corrected chi connectivity index (χ0v) is 11.3. The van der Waals surface area contributed by atoms with Crippen molar-refractivity contribution in [2.45, 2.75) is 39.7 Å². The number of aryl methyl sites for hydroxylation is 1. The Morgan fingerprint density at radius 3 is 2.61 bits per heavy atom. The molecule has 0 fully saturated rings. The van der Waals surface area contributed by atoms with Crippen LogP contribution in [0.3, 0.4) is 0 Å². The molecular weight excluding hydrogens is 226 g/mol. The van der Waals surface area contributed by atoms with E-state index in [1.54, 1.807) is 12.1 Å². The smallest absolute Gasteiger partial charge is 0.144 e. The van der Waals surface area contributed by atoms with Gasteiger partial charge in [-0.3, -0.25) is 0 Å². The average Bonchev–Trinajstić information content (AvgIpc) is 2.38. The number of aliphatic hydroxyl groups is 1. The first-order chi connectivity index (χ1) is 8.62. The van der Waals surface area contributed by atoms with Crippen molar-refractivity contribution in [3.8, 4) is 6.07 Å². The molecule has 4 heteroatoms. The van der Waals surface area contributed by atoms with Gasteiger partial charge < -0.3 is 10.4 Å². The lowest BCUT2D eigenvalue weighted by Crippen LogP contribution is -2.28. The Hall–Kier alpha value is -1.60. The van der Waals surface area contributed by atoms with Gasteiger partial charge in [-0.2, -0.15) is 5.26 Å². The topological polar surface area (TPSA) is 68.9 Å². The summed E-state index contributed by atoms with van der Waals surface area (Å²) in [7, 11) is 0. The van der Waals surface area contributed by atoms with E-state index in [-0.39, 0.29) is 5.92 Å². The number of hydrogen-bond acceptors (Lipinski definition) is 4. The van der Waals surface area contributed by atoms with E-state index < -0.39 is 6.10 Å². The second kappa shape index (κ2) is 6.97.